The SMILES string of the molecule is O=C(NCCOCCOCCOCCOCCOCCOCCOCCO)OCc1ccccc1. The van der Waals surface area contributed by atoms with Gasteiger partial charge in [0.2, 0.25) is 0 Å². The Bertz CT molecular complexity index is 579. The lowest BCUT2D eigenvalue weighted by molar-refractivity contribution is -0.0213. The van der Waals surface area contributed by atoms with Crippen LogP contribution in [0.3, 0.4) is 0 Å². The van der Waals surface area contributed by atoms with Gasteiger partial charge in [-0.1, -0.05) is 30.3 Å². The fourth-order valence-electron chi connectivity index (χ4n) is 2.49. The molecule has 0 unspecified atom stereocenters. The summed E-state index contributed by atoms with van der Waals surface area (Å²) in [6.07, 6.45) is -0.468. The van der Waals surface area contributed by atoms with Crippen molar-refractivity contribution in [3.63, 3.8) is 0 Å². The number of amides is 1. The van der Waals surface area contributed by atoms with Crippen molar-refractivity contribution < 1.29 is 47.8 Å². The molecule has 1 amide bonds. The first-order chi connectivity index (χ1) is 17.3. The largest absolute Gasteiger partial charge is 0.445 e. The van der Waals surface area contributed by atoms with E-state index >= 15 is 0 Å². The molecule has 1 aromatic carbocycles. The first kappa shape index (κ1) is 31.2. The lowest BCUT2D eigenvalue weighted by Gasteiger charge is -2.09. The molecule has 35 heavy (non-hydrogen) atoms. The van der Waals surface area contributed by atoms with Crippen LogP contribution in [0.4, 0.5) is 4.79 Å². The third-order valence-corrected chi connectivity index (χ3v) is 4.20. The highest BCUT2D eigenvalue weighted by atomic mass is 16.6. The van der Waals surface area contributed by atoms with Crippen LogP contribution in [0.5, 0.6) is 0 Å². The molecule has 2 N–H and O–H groups in total. The molecule has 1 aromatic rings. The first-order valence-electron chi connectivity index (χ1n) is 11.9. The van der Waals surface area contributed by atoms with Crippen LogP contribution in [0.2, 0.25) is 0 Å². The van der Waals surface area contributed by atoms with Gasteiger partial charge in [0.05, 0.1) is 99.1 Å². The molecule has 0 aliphatic carbocycles. The molecule has 0 fully saturated rings. The highest BCUT2D eigenvalue weighted by Crippen LogP contribution is 2.00. The van der Waals surface area contributed by atoms with Crippen molar-refractivity contribution in [3.8, 4) is 0 Å². The minimum atomic E-state index is -0.468. The number of hydrogen-bond acceptors (Lipinski definition) is 10. The molecule has 1 rings (SSSR count). The number of ether oxygens (including phenoxy) is 8. The van der Waals surface area contributed by atoms with Gasteiger partial charge in [-0.15, -0.1) is 0 Å². The number of benzene rings is 1. The Kier molecular flexibility index (Phi) is 22.5. The van der Waals surface area contributed by atoms with Crippen molar-refractivity contribution in [2.24, 2.45) is 0 Å². The second-order valence-corrected chi connectivity index (χ2v) is 7.00. The van der Waals surface area contributed by atoms with E-state index < -0.39 is 6.09 Å². The summed E-state index contributed by atoms with van der Waals surface area (Å²) in [5.41, 5.74) is 0.939. The van der Waals surface area contributed by atoms with E-state index in [2.05, 4.69) is 5.32 Å². The lowest BCUT2D eigenvalue weighted by Crippen LogP contribution is -2.28. The van der Waals surface area contributed by atoms with Gasteiger partial charge < -0.3 is 48.3 Å². The number of rotatable bonds is 25. The van der Waals surface area contributed by atoms with Gasteiger partial charge in [0.15, 0.2) is 0 Å². The monoisotopic (exact) mass is 503 g/mol. The molecule has 0 heterocycles. The van der Waals surface area contributed by atoms with Crippen molar-refractivity contribution in [2.75, 3.05) is 106 Å². The molecule has 0 saturated carbocycles. The van der Waals surface area contributed by atoms with Gasteiger partial charge in [-0.2, -0.15) is 0 Å². The van der Waals surface area contributed by atoms with Crippen LogP contribution in [-0.2, 0) is 44.5 Å². The van der Waals surface area contributed by atoms with Gasteiger partial charge in [0.1, 0.15) is 6.61 Å². The zero-order valence-corrected chi connectivity index (χ0v) is 20.5. The molecule has 0 radical (unpaired) electrons. The number of hydrogen-bond donors (Lipinski definition) is 2. The summed E-state index contributed by atoms with van der Waals surface area (Å²) in [5, 5.41) is 11.2. The minimum absolute atomic E-state index is 0.0229. The third kappa shape index (κ3) is 22.4. The standard InChI is InChI=1S/C24H41NO10/c26-7-9-29-11-13-31-15-17-33-19-21-34-20-18-32-16-14-30-12-10-28-8-6-25-24(27)35-22-23-4-2-1-3-5-23/h1-5,26H,6-22H2,(H,25,27). The molecular formula is C24H41NO10. The smallest absolute Gasteiger partial charge is 0.407 e. The van der Waals surface area contributed by atoms with Crippen LogP contribution in [-0.4, -0.2) is 117 Å². The van der Waals surface area contributed by atoms with Crippen LogP contribution >= 0.6 is 0 Å². The summed E-state index contributed by atoms with van der Waals surface area (Å²) in [7, 11) is 0. The summed E-state index contributed by atoms with van der Waals surface area (Å²) in [6, 6.07) is 9.50. The van der Waals surface area contributed by atoms with Crippen molar-refractivity contribution in [2.45, 2.75) is 6.61 Å². The Morgan fingerprint density at radius 3 is 1.43 bits per heavy atom. The maximum atomic E-state index is 11.6. The third-order valence-electron chi connectivity index (χ3n) is 4.20. The maximum Gasteiger partial charge on any atom is 0.407 e. The molecule has 0 aliphatic heterocycles. The molecule has 0 aliphatic rings. The summed E-state index contributed by atoms with van der Waals surface area (Å²) in [5.74, 6) is 0. The average molecular weight is 504 g/mol. The van der Waals surface area contributed by atoms with Gasteiger partial charge in [-0.3, -0.25) is 0 Å². The lowest BCUT2D eigenvalue weighted by atomic mass is 10.2. The molecule has 11 heteroatoms. The van der Waals surface area contributed by atoms with E-state index in [4.69, 9.17) is 43.0 Å². The molecule has 0 saturated heterocycles. The maximum absolute atomic E-state index is 11.6. The fourth-order valence-corrected chi connectivity index (χ4v) is 2.49. The summed E-state index contributed by atoms with van der Waals surface area (Å²) in [6.45, 7) is 7.12. The first-order valence-corrected chi connectivity index (χ1v) is 11.9. The van der Waals surface area contributed by atoms with E-state index in [1.54, 1.807) is 0 Å². The predicted octanol–water partition coefficient (Wildman–Crippen LogP) is 1.02. The number of carbonyl (C=O) groups excluding carboxylic acids is 1. The highest BCUT2D eigenvalue weighted by Gasteiger charge is 2.01. The molecule has 0 spiro atoms. The number of aliphatic hydroxyl groups is 1. The van der Waals surface area contributed by atoms with Crippen molar-refractivity contribution >= 4 is 6.09 Å². The second-order valence-electron chi connectivity index (χ2n) is 7.00. The molecular weight excluding hydrogens is 462 g/mol. The van der Waals surface area contributed by atoms with E-state index in [1.807, 2.05) is 30.3 Å². The Balaban J connectivity index is 1.69. The summed E-state index contributed by atoms with van der Waals surface area (Å²) >= 11 is 0. The number of alkyl carbamates (subject to hydrolysis) is 1. The molecule has 0 aromatic heterocycles. The number of aliphatic hydroxyl groups excluding tert-OH is 1. The zero-order valence-electron chi connectivity index (χ0n) is 20.5. The zero-order chi connectivity index (χ0) is 25.1. The van der Waals surface area contributed by atoms with Crippen molar-refractivity contribution in [1.29, 1.82) is 0 Å². The quantitative estimate of drug-likeness (QED) is 0.187. The normalized spacial score (nSPS) is 11.0. The van der Waals surface area contributed by atoms with Crippen LogP contribution in [0.15, 0.2) is 30.3 Å². The van der Waals surface area contributed by atoms with Crippen LogP contribution in [0.25, 0.3) is 0 Å². The Hall–Kier alpha value is -1.83. The second kappa shape index (κ2) is 25.3. The predicted molar refractivity (Wildman–Crippen MR) is 127 cm³/mol. The van der Waals surface area contributed by atoms with Gasteiger partial charge in [-0.05, 0) is 5.56 Å². The molecule has 0 atom stereocenters. The van der Waals surface area contributed by atoms with Crippen molar-refractivity contribution in [3.05, 3.63) is 35.9 Å². The summed E-state index contributed by atoms with van der Waals surface area (Å²) in [4.78, 5) is 11.6. The highest BCUT2D eigenvalue weighted by molar-refractivity contribution is 5.67. The van der Waals surface area contributed by atoms with E-state index in [0.717, 1.165) is 5.56 Å². The topological polar surface area (TPSA) is 123 Å². The van der Waals surface area contributed by atoms with Gasteiger partial charge in [0.25, 0.3) is 0 Å². The van der Waals surface area contributed by atoms with Crippen molar-refractivity contribution in [1.82, 2.24) is 5.32 Å². The van der Waals surface area contributed by atoms with E-state index in [1.165, 1.54) is 0 Å². The van der Waals surface area contributed by atoms with E-state index in [0.29, 0.717) is 99.0 Å². The minimum Gasteiger partial charge on any atom is -0.445 e. The number of nitrogens with one attached hydrogen (secondary N) is 1. The van der Waals surface area contributed by atoms with Crippen LogP contribution in [0, 0.1) is 0 Å². The van der Waals surface area contributed by atoms with Crippen LogP contribution in [0.1, 0.15) is 5.56 Å². The fraction of sp³-hybridized carbons (Fsp3) is 0.708. The Morgan fingerprint density at radius 1 is 0.600 bits per heavy atom. The average Bonchev–Trinajstić information content (AvgIpc) is 2.88. The van der Waals surface area contributed by atoms with E-state index in [-0.39, 0.29) is 13.2 Å². The number of carbonyl (C=O) groups is 1. The molecule has 11 nitrogen and oxygen atoms in total. The van der Waals surface area contributed by atoms with Gasteiger partial charge in [0, 0.05) is 6.54 Å². The van der Waals surface area contributed by atoms with Gasteiger partial charge >= 0.3 is 6.09 Å². The Morgan fingerprint density at radius 2 is 1.00 bits per heavy atom. The Labute approximate surface area is 207 Å². The van der Waals surface area contributed by atoms with Gasteiger partial charge in [-0.25, -0.2) is 4.79 Å². The van der Waals surface area contributed by atoms with Crippen LogP contribution < -0.4 is 5.32 Å². The molecule has 0 bridgehead atoms. The summed E-state index contributed by atoms with van der Waals surface area (Å²) < 4.78 is 42.5. The molecule has 202 valence electrons. The van der Waals surface area contributed by atoms with E-state index in [9.17, 15) is 4.79 Å².